The Balaban J connectivity index is 2.24. The van der Waals surface area contributed by atoms with Crippen LogP contribution in [0, 0.1) is 0 Å². The Morgan fingerprint density at radius 3 is 2.86 bits per heavy atom. The SMILES string of the molecule is CCCc1[nH]c2ccc3cc(O)c(=O)cc3c2c2ccsc12. The topological polar surface area (TPSA) is 53.1 Å². The summed E-state index contributed by atoms with van der Waals surface area (Å²) in [6, 6.07) is 9.18. The molecule has 0 saturated carbocycles. The number of pyridine rings is 1. The van der Waals surface area contributed by atoms with E-state index in [9.17, 15) is 9.90 Å². The van der Waals surface area contributed by atoms with Crippen LogP contribution in [-0.2, 0) is 6.42 Å². The van der Waals surface area contributed by atoms with Crippen LogP contribution < -0.4 is 5.43 Å². The summed E-state index contributed by atoms with van der Waals surface area (Å²) in [5.41, 5.74) is 1.95. The highest BCUT2D eigenvalue weighted by atomic mass is 32.1. The molecule has 2 heterocycles. The zero-order valence-corrected chi connectivity index (χ0v) is 13.0. The zero-order valence-electron chi connectivity index (χ0n) is 12.1. The molecular formula is C18H15NO2S. The van der Waals surface area contributed by atoms with Crippen LogP contribution in [0.3, 0.4) is 0 Å². The number of H-pyrrole nitrogens is 1. The van der Waals surface area contributed by atoms with Crippen molar-refractivity contribution in [1.29, 1.82) is 0 Å². The van der Waals surface area contributed by atoms with Crippen molar-refractivity contribution in [3.8, 4) is 5.75 Å². The number of phenols is 1. The standard InChI is InChI=1S/C18H15NO2S/c1-2-3-14-18-11(6-7-22-18)17-12-9-16(21)15(20)8-10(12)4-5-13(17)19-14/h4-9,19-20H,2-3H2,1H3. The second kappa shape index (κ2) is 4.85. The molecule has 2 aromatic heterocycles. The van der Waals surface area contributed by atoms with Crippen LogP contribution >= 0.6 is 11.3 Å². The molecule has 0 bridgehead atoms. The van der Waals surface area contributed by atoms with Gasteiger partial charge in [-0.1, -0.05) is 19.4 Å². The third-order valence-electron chi connectivity index (χ3n) is 4.09. The Morgan fingerprint density at radius 2 is 2.05 bits per heavy atom. The number of nitrogens with one attached hydrogen (secondary N) is 1. The van der Waals surface area contributed by atoms with Crippen molar-refractivity contribution in [2.75, 3.05) is 0 Å². The van der Waals surface area contributed by atoms with Gasteiger partial charge in [-0.25, -0.2) is 0 Å². The number of thiophene rings is 1. The van der Waals surface area contributed by atoms with Crippen LogP contribution in [0.4, 0.5) is 0 Å². The third-order valence-corrected chi connectivity index (χ3v) is 5.07. The maximum atomic E-state index is 11.9. The highest BCUT2D eigenvalue weighted by Gasteiger charge is 2.12. The first-order valence-corrected chi connectivity index (χ1v) is 8.25. The molecule has 4 aromatic rings. The minimum absolute atomic E-state index is 0.194. The lowest BCUT2D eigenvalue weighted by molar-refractivity contribution is 0.471. The molecule has 110 valence electrons. The van der Waals surface area contributed by atoms with Gasteiger partial charge in [0.15, 0.2) is 5.75 Å². The highest BCUT2D eigenvalue weighted by Crippen LogP contribution is 2.35. The minimum atomic E-state index is -0.332. The average Bonchev–Trinajstić information content (AvgIpc) is 2.98. The van der Waals surface area contributed by atoms with E-state index in [0.717, 1.165) is 34.5 Å². The molecule has 4 heteroatoms. The van der Waals surface area contributed by atoms with Crippen molar-refractivity contribution in [1.82, 2.24) is 4.98 Å². The smallest absolute Gasteiger partial charge is 0.220 e. The molecule has 0 radical (unpaired) electrons. The maximum Gasteiger partial charge on any atom is 0.220 e. The van der Waals surface area contributed by atoms with Crippen molar-refractivity contribution in [3.63, 3.8) is 0 Å². The molecule has 0 amide bonds. The molecule has 0 spiro atoms. The molecule has 2 N–H and O–H groups in total. The fraction of sp³-hybridized carbons (Fsp3) is 0.167. The van der Waals surface area contributed by atoms with E-state index in [0.29, 0.717) is 0 Å². The van der Waals surface area contributed by atoms with Crippen molar-refractivity contribution >= 4 is 43.1 Å². The summed E-state index contributed by atoms with van der Waals surface area (Å²) >= 11 is 1.73. The molecule has 22 heavy (non-hydrogen) atoms. The van der Waals surface area contributed by atoms with Gasteiger partial charge in [-0.2, -0.15) is 0 Å². The summed E-state index contributed by atoms with van der Waals surface area (Å²) in [7, 11) is 0. The van der Waals surface area contributed by atoms with Crippen LogP contribution in [0.5, 0.6) is 5.75 Å². The van der Waals surface area contributed by atoms with Gasteiger partial charge in [0.05, 0.1) is 4.70 Å². The fourth-order valence-electron chi connectivity index (χ4n) is 3.12. The second-order valence-electron chi connectivity index (χ2n) is 5.55. The van der Waals surface area contributed by atoms with Gasteiger partial charge < -0.3 is 10.1 Å². The van der Waals surface area contributed by atoms with Crippen LogP contribution in [0.2, 0.25) is 0 Å². The number of aromatic hydroxyl groups is 1. The van der Waals surface area contributed by atoms with Gasteiger partial charge in [0.2, 0.25) is 5.43 Å². The molecular weight excluding hydrogens is 294 g/mol. The van der Waals surface area contributed by atoms with Gasteiger partial charge in [-0.05, 0) is 46.8 Å². The summed E-state index contributed by atoms with van der Waals surface area (Å²) < 4.78 is 1.25. The van der Waals surface area contributed by atoms with Crippen molar-refractivity contribution < 1.29 is 5.11 Å². The largest absolute Gasteiger partial charge is 0.504 e. The first-order valence-electron chi connectivity index (χ1n) is 7.37. The molecule has 0 atom stereocenters. The predicted molar refractivity (Wildman–Crippen MR) is 93.1 cm³/mol. The Hall–Kier alpha value is -2.33. The Bertz CT molecular complexity index is 1080. The molecule has 0 aliphatic rings. The second-order valence-corrected chi connectivity index (χ2v) is 6.46. The normalized spacial score (nSPS) is 11.7. The number of hydrogen-bond acceptors (Lipinski definition) is 3. The van der Waals surface area contributed by atoms with E-state index in [2.05, 4.69) is 23.4 Å². The Morgan fingerprint density at radius 1 is 1.18 bits per heavy atom. The zero-order chi connectivity index (χ0) is 15.3. The molecule has 0 unspecified atom stereocenters. The van der Waals surface area contributed by atoms with Gasteiger partial charge in [0.25, 0.3) is 0 Å². The van der Waals surface area contributed by atoms with Gasteiger partial charge in [-0.3, -0.25) is 4.79 Å². The van der Waals surface area contributed by atoms with E-state index in [4.69, 9.17) is 0 Å². The molecule has 2 aromatic carbocycles. The number of aryl methyl sites for hydroxylation is 1. The van der Waals surface area contributed by atoms with Crippen molar-refractivity contribution in [2.45, 2.75) is 19.8 Å². The lowest BCUT2D eigenvalue weighted by Gasteiger charge is -2.10. The minimum Gasteiger partial charge on any atom is -0.504 e. The molecule has 0 aliphatic heterocycles. The summed E-state index contributed by atoms with van der Waals surface area (Å²) in [4.78, 5) is 15.4. The quantitative estimate of drug-likeness (QED) is 0.534. The number of fused-ring (bicyclic) bond motifs is 5. The van der Waals surface area contributed by atoms with Gasteiger partial charge in [0.1, 0.15) is 0 Å². The van der Waals surface area contributed by atoms with Crippen LogP contribution in [0.15, 0.2) is 40.5 Å². The van der Waals surface area contributed by atoms with Crippen LogP contribution in [0.1, 0.15) is 19.0 Å². The van der Waals surface area contributed by atoms with E-state index in [1.807, 2.05) is 12.1 Å². The van der Waals surface area contributed by atoms with Gasteiger partial charge in [-0.15, -0.1) is 11.3 Å². The van der Waals surface area contributed by atoms with E-state index in [1.54, 1.807) is 17.4 Å². The summed E-state index contributed by atoms with van der Waals surface area (Å²) in [5, 5.41) is 15.8. The number of rotatable bonds is 2. The van der Waals surface area contributed by atoms with Gasteiger partial charge in [0, 0.05) is 22.0 Å². The third kappa shape index (κ3) is 1.84. The van der Waals surface area contributed by atoms with E-state index < -0.39 is 0 Å². The number of benzene rings is 2. The van der Waals surface area contributed by atoms with E-state index >= 15 is 0 Å². The predicted octanol–water partition coefficient (Wildman–Crippen LogP) is 4.55. The number of aromatic nitrogens is 1. The van der Waals surface area contributed by atoms with E-state index in [1.165, 1.54) is 21.8 Å². The lowest BCUT2D eigenvalue weighted by Crippen LogP contribution is -1.98. The molecule has 3 nitrogen and oxygen atoms in total. The fourth-order valence-corrected chi connectivity index (χ4v) is 4.05. The Kier molecular flexibility index (Phi) is 2.94. The van der Waals surface area contributed by atoms with Gasteiger partial charge >= 0.3 is 0 Å². The first kappa shape index (κ1) is 13.3. The molecule has 4 rings (SSSR count). The van der Waals surface area contributed by atoms with Crippen molar-refractivity contribution in [3.05, 3.63) is 51.6 Å². The van der Waals surface area contributed by atoms with Crippen LogP contribution in [0.25, 0.3) is 31.8 Å². The maximum absolute atomic E-state index is 11.9. The molecule has 0 saturated heterocycles. The Labute approximate surface area is 130 Å². The summed E-state index contributed by atoms with van der Waals surface area (Å²) in [6.07, 6.45) is 2.09. The summed E-state index contributed by atoms with van der Waals surface area (Å²) in [5.74, 6) is -0.194. The number of aromatic amines is 1. The average molecular weight is 309 g/mol. The van der Waals surface area contributed by atoms with Crippen molar-refractivity contribution in [2.24, 2.45) is 0 Å². The van der Waals surface area contributed by atoms with E-state index in [-0.39, 0.29) is 11.2 Å². The molecule has 0 fully saturated rings. The molecule has 0 aliphatic carbocycles. The summed E-state index contributed by atoms with van der Waals surface area (Å²) in [6.45, 7) is 2.17. The monoisotopic (exact) mass is 309 g/mol. The number of hydrogen-bond donors (Lipinski definition) is 2. The number of phenolic OH excluding ortho intramolecular Hbond substituents is 1. The lowest BCUT2D eigenvalue weighted by atomic mass is 10.0. The first-order chi connectivity index (χ1) is 10.7. The highest BCUT2D eigenvalue weighted by molar-refractivity contribution is 7.17. The van der Waals surface area contributed by atoms with Crippen LogP contribution in [-0.4, -0.2) is 10.1 Å².